The molecule has 2 amide bonds. The second-order valence-electron chi connectivity index (χ2n) is 8.97. The molecule has 0 spiro atoms. The molecule has 3 heterocycles. The molecule has 0 bridgehead atoms. The van der Waals surface area contributed by atoms with Gasteiger partial charge in [0.05, 0.1) is 24.9 Å². The maximum atomic E-state index is 13.8. The standard InChI is InChI=1S/C26H31N3O2S/c1-4-31-22-13-7-6-11-20(22)27-26(30)29-16-19-18-10-5-8-14-23(18)32-25(19)28-15-9-12-21(28)24(29)17(2)3/h6-7,9,11-13,15,17,24H,4-5,8,10,14,16H2,1-3H3,(H,27,30). The number of aromatic nitrogens is 1. The Morgan fingerprint density at radius 1 is 1.16 bits per heavy atom. The van der Waals surface area contributed by atoms with Gasteiger partial charge in [-0.1, -0.05) is 26.0 Å². The molecule has 5 rings (SSSR count). The summed E-state index contributed by atoms with van der Waals surface area (Å²) in [7, 11) is 0. The van der Waals surface area contributed by atoms with Gasteiger partial charge in [-0.25, -0.2) is 4.79 Å². The van der Waals surface area contributed by atoms with E-state index in [1.807, 2.05) is 47.4 Å². The van der Waals surface area contributed by atoms with Crippen LogP contribution in [0.25, 0.3) is 5.00 Å². The molecule has 32 heavy (non-hydrogen) atoms. The van der Waals surface area contributed by atoms with Crippen molar-refractivity contribution >= 4 is 23.1 Å². The fourth-order valence-corrected chi connectivity index (χ4v) is 6.56. The molecular formula is C26H31N3O2S. The zero-order valence-corrected chi connectivity index (χ0v) is 19.9. The minimum atomic E-state index is -0.0767. The van der Waals surface area contributed by atoms with Crippen LogP contribution in [0.4, 0.5) is 10.5 Å². The van der Waals surface area contributed by atoms with Crippen molar-refractivity contribution in [1.29, 1.82) is 0 Å². The molecule has 5 nitrogen and oxygen atoms in total. The lowest BCUT2D eigenvalue weighted by molar-refractivity contribution is 0.161. The zero-order valence-electron chi connectivity index (χ0n) is 19.1. The Balaban J connectivity index is 1.57. The van der Waals surface area contributed by atoms with Crippen molar-refractivity contribution in [2.75, 3.05) is 11.9 Å². The lowest BCUT2D eigenvalue weighted by Gasteiger charge is -2.33. The van der Waals surface area contributed by atoms with Crippen LogP contribution in [0.15, 0.2) is 42.6 Å². The van der Waals surface area contributed by atoms with Gasteiger partial charge >= 0.3 is 6.03 Å². The third-order valence-corrected chi connectivity index (χ3v) is 7.88. The first kappa shape index (κ1) is 21.1. The number of carbonyl (C=O) groups excluding carboxylic acids is 1. The highest BCUT2D eigenvalue weighted by Crippen LogP contribution is 2.44. The molecule has 1 aliphatic heterocycles. The molecule has 0 saturated carbocycles. The minimum Gasteiger partial charge on any atom is -0.492 e. The lowest BCUT2D eigenvalue weighted by Crippen LogP contribution is -2.39. The van der Waals surface area contributed by atoms with Crippen LogP contribution in [-0.4, -0.2) is 22.1 Å². The highest BCUT2D eigenvalue weighted by Gasteiger charge is 2.36. The maximum Gasteiger partial charge on any atom is 0.322 e. The second-order valence-corrected chi connectivity index (χ2v) is 10.1. The Hall–Kier alpha value is -2.73. The number of ether oxygens (including phenoxy) is 1. The molecule has 0 fully saturated rings. The van der Waals surface area contributed by atoms with Crippen molar-refractivity contribution in [2.45, 2.75) is 59.0 Å². The van der Waals surface area contributed by atoms with E-state index in [0.29, 0.717) is 24.6 Å². The van der Waals surface area contributed by atoms with Gasteiger partial charge in [0.1, 0.15) is 10.8 Å². The van der Waals surface area contributed by atoms with Crippen molar-refractivity contribution in [2.24, 2.45) is 5.92 Å². The summed E-state index contributed by atoms with van der Waals surface area (Å²) in [5.74, 6) is 0.984. The van der Waals surface area contributed by atoms with E-state index in [4.69, 9.17) is 4.74 Å². The van der Waals surface area contributed by atoms with Gasteiger partial charge in [-0.15, -0.1) is 11.3 Å². The number of carbonyl (C=O) groups is 1. The van der Waals surface area contributed by atoms with E-state index in [1.54, 1.807) is 0 Å². The van der Waals surface area contributed by atoms with Crippen LogP contribution in [0, 0.1) is 5.92 Å². The van der Waals surface area contributed by atoms with Crippen molar-refractivity contribution in [3.05, 3.63) is 64.3 Å². The van der Waals surface area contributed by atoms with Gasteiger partial charge in [0.25, 0.3) is 0 Å². The largest absolute Gasteiger partial charge is 0.492 e. The molecule has 1 unspecified atom stereocenters. The molecule has 6 heteroatoms. The summed E-state index contributed by atoms with van der Waals surface area (Å²) in [6, 6.07) is 11.9. The number of hydrogen-bond donors (Lipinski definition) is 1. The van der Waals surface area contributed by atoms with Gasteiger partial charge in [-0.3, -0.25) is 0 Å². The van der Waals surface area contributed by atoms with Crippen LogP contribution in [0.5, 0.6) is 5.75 Å². The van der Waals surface area contributed by atoms with E-state index in [-0.39, 0.29) is 18.0 Å². The van der Waals surface area contributed by atoms with E-state index in [9.17, 15) is 4.79 Å². The average Bonchev–Trinajstić information content (AvgIpc) is 3.36. The number of para-hydroxylation sites is 2. The molecule has 1 aliphatic carbocycles. The number of fused-ring (bicyclic) bond motifs is 5. The number of anilines is 1. The molecule has 2 aliphatic rings. The number of thiophene rings is 1. The predicted molar refractivity (Wildman–Crippen MR) is 130 cm³/mol. The third-order valence-electron chi connectivity index (χ3n) is 6.55. The summed E-state index contributed by atoms with van der Waals surface area (Å²) in [6.45, 7) is 7.55. The Kier molecular flexibility index (Phi) is 5.72. The quantitative estimate of drug-likeness (QED) is 0.490. The number of rotatable bonds is 4. The minimum absolute atomic E-state index is 0.0110. The van der Waals surface area contributed by atoms with Crippen LogP contribution in [0.2, 0.25) is 0 Å². The predicted octanol–water partition coefficient (Wildman–Crippen LogP) is 6.56. The molecule has 0 radical (unpaired) electrons. The fraction of sp³-hybridized carbons (Fsp3) is 0.423. The summed E-state index contributed by atoms with van der Waals surface area (Å²) >= 11 is 1.92. The van der Waals surface area contributed by atoms with E-state index >= 15 is 0 Å². The summed E-state index contributed by atoms with van der Waals surface area (Å²) in [4.78, 5) is 17.3. The Bertz CT molecular complexity index is 1130. The van der Waals surface area contributed by atoms with Crippen LogP contribution in [0.1, 0.15) is 61.4 Å². The summed E-state index contributed by atoms with van der Waals surface area (Å²) in [5.41, 5.74) is 4.71. The molecule has 3 aromatic rings. The van der Waals surface area contributed by atoms with Gasteiger partial charge < -0.3 is 19.5 Å². The van der Waals surface area contributed by atoms with Crippen LogP contribution >= 0.6 is 11.3 Å². The normalized spacial score (nSPS) is 17.4. The van der Waals surface area contributed by atoms with Gasteiger partial charge in [-0.05, 0) is 68.4 Å². The van der Waals surface area contributed by atoms with Gasteiger partial charge in [0, 0.05) is 22.3 Å². The van der Waals surface area contributed by atoms with Crippen molar-refractivity contribution < 1.29 is 9.53 Å². The monoisotopic (exact) mass is 449 g/mol. The average molecular weight is 450 g/mol. The topological polar surface area (TPSA) is 46.5 Å². The van der Waals surface area contributed by atoms with Gasteiger partial charge in [-0.2, -0.15) is 0 Å². The van der Waals surface area contributed by atoms with Crippen molar-refractivity contribution in [3.63, 3.8) is 0 Å². The van der Waals surface area contributed by atoms with Crippen LogP contribution in [0.3, 0.4) is 0 Å². The highest BCUT2D eigenvalue weighted by molar-refractivity contribution is 7.15. The molecule has 1 N–H and O–H groups in total. The molecule has 0 saturated heterocycles. The number of nitrogens with one attached hydrogen (secondary N) is 1. The molecule has 1 aromatic carbocycles. The fourth-order valence-electron chi connectivity index (χ4n) is 5.16. The van der Waals surface area contributed by atoms with E-state index < -0.39 is 0 Å². The molecule has 2 aromatic heterocycles. The first-order valence-electron chi connectivity index (χ1n) is 11.7. The lowest BCUT2D eigenvalue weighted by atomic mass is 9.94. The zero-order chi connectivity index (χ0) is 22.2. The number of hydrogen-bond acceptors (Lipinski definition) is 3. The summed E-state index contributed by atoms with van der Waals surface area (Å²) < 4.78 is 8.09. The third kappa shape index (κ3) is 3.60. The Labute approximate surface area is 194 Å². The molecular weight excluding hydrogens is 418 g/mol. The van der Waals surface area contributed by atoms with Gasteiger partial charge in [0.15, 0.2) is 0 Å². The number of urea groups is 1. The van der Waals surface area contributed by atoms with Gasteiger partial charge in [0.2, 0.25) is 0 Å². The number of nitrogens with zero attached hydrogens (tertiary/aromatic N) is 2. The first-order chi connectivity index (χ1) is 15.6. The number of benzene rings is 1. The van der Waals surface area contributed by atoms with Crippen molar-refractivity contribution in [1.82, 2.24) is 9.47 Å². The van der Waals surface area contributed by atoms with E-state index in [0.717, 1.165) is 12.8 Å². The number of aryl methyl sites for hydroxylation is 1. The molecule has 168 valence electrons. The second kappa shape index (κ2) is 8.66. The first-order valence-corrected chi connectivity index (χ1v) is 12.5. The summed E-state index contributed by atoms with van der Waals surface area (Å²) in [6.07, 6.45) is 6.93. The Morgan fingerprint density at radius 2 is 1.97 bits per heavy atom. The SMILES string of the molecule is CCOc1ccccc1NC(=O)N1Cc2c(sc3c2CCCC3)-n2cccc2C1C(C)C. The number of amides is 2. The van der Waals surface area contributed by atoms with Crippen LogP contribution in [-0.2, 0) is 19.4 Å². The van der Waals surface area contributed by atoms with E-state index in [2.05, 4.69) is 42.1 Å². The smallest absolute Gasteiger partial charge is 0.322 e. The van der Waals surface area contributed by atoms with Crippen molar-refractivity contribution in [3.8, 4) is 10.8 Å². The van der Waals surface area contributed by atoms with E-state index in [1.165, 1.54) is 39.5 Å². The molecule has 1 atom stereocenters. The highest BCUT2D eigenvalue weighted by atomic mass is 32.1. The Morgan fingerprint density at radius 3 is 2.78 bits per heavy atom. The maximum absolute atomic E-state index is 13.8. The summed E-state index contributed by atoms with van der Waals surface area (Å²) in [5, 5.41) is 4.46. The van der Waals surface area contributed by atoms with Crippen LogP contribution < -0.4 is 10.1 Å².